The molecule has 0 spiro atoms. The van der Waals surface area contributed by atoms with E-state index in [-0.39, 0.29) is 11.8 Å². The number of nitrogens with one attached hydrogen (secondary N) is 1. The molecule has 114 valence electrons. The minimum atomic E-state index is -0.0583. The van der Waals surface area contributed by atoms with Gasteiger partial charge in [-0.3, -0.25) is 9.59 Å². The summed E-state index contributed by atoms with van der Waals surface area (Å²) < 4.78 is 0. The molecule has 2 amide bonds. The van der Waals surface area contributed by atoms with E-state index in [4.69, 9.17) is 0 Å². The minimum Gasteiger partial charge on any atom is -0.342 e. The van der Waals surface area contributed by atoms with E-state index in [9.17, 15) is 9.59 Å². The van der Waals surface area contributed by atoms with Gasteiger partial charge in [0.05, 0.1) is 11.5 Å². The van der Waals surface area contributed by atoms with Gasteiger partial charge >= 0.3 is 0 Å². The summed E-state index contributed by atoms with van der Waals surface area (Å²) in [4.78, 5) is 25.7. The Morgan fingerprint density at radius 3 is 2.67 bits per heavy atom. The third-order valence-electron chi connectivity index (χ3n) is 3.47. The quantitative estimate of drug-likeness (QED) is 0.910. The molecule has 1 aliphatic rings. The van der Waals surface area contributed by atoms with Crippen molar-refractivity contribution in [3.05, 3.63) is 29.8 Å². The highest BCUT2D eigenvalue weighted by Gasteiger charge is 2.16. The Balaban J connectivity index is 1.68. The van der Waals surface area contributed by atoms with Crippen LogP contribution in [0.4, 0.5) is 5.69 Å². The van der Waals surface area contributed by atoms with Crippen LogP contribution in [0, 0.1) is 6.92 Å². The van der Waals surface area contributed by atoms with Gasteiger partial charge in [-0.15, -0.1) is 11.8 Å². The fraction of sp³-hybridized carbons (Fsp3) is 0.500. The molecule has 0 aliphatic carbocycles. The van der Waals surface area contributed by atoms with Gasteiger partial charge in [0.2, 0.25) is 11.8 Å². The number of carbonyl (C=O) groups is 2. The van der Waals surface area contributed by atoms with Gasteiger partial charge in [-0.2, -0.15) is 0 Å². The highest BCUT2D eigenvalue weighted by Crippen LogP contribution is 2.13. The first-order valence-corrected chi connectivity index (χ1v) is 8.52. The van der Waals surface area contributed by atoms with Crippen molar-refractivity contribution in [2.24, 2.45) is 0 Å². The van der Waals surface area contributed by atoms with Crippen molar-refractivity contribution in [2.45, 2.75) is 26.2 Å². The van der Waals surface area contributed by atoms with Crippen molar-refractivity contribution < 1.29 is 9.59 Å². The predicted octanol–water partition coefficient (Wildman–Crippen LogP) is 2.68. The van der Waals surface area contributed by atoms with E-state index in [0.29, 0.717) is 11.5 Å². The van der Waals surface area contributed by atoms with Crippen LogP contribution in [-0.2, 0) is 9.59 Å². The van der Waals surface area contributed by atoms with E-state index in [2.05, 4.69) is 5.32 Å². The largest absolute Gasteiger partial charge is 0.342 e. The highest BCUT2D eigenvalue weighted by molar-refractivity contribution is 8.00. The zero-order chi connectivity index (χ0) is 15.1. The monoisotopic (exact) mass is 306 g/mol. The van der Waals surface area contributed by atoms with Crippen molar-refractivity contribution in [3.63, 3.8) is 0 Å². The Bertz CT molecular complexity index is 499. The number of thioether (sulfide) groups is 1. The lowest BCUT2D eigenvalue weighted by Crippen LogP contribution is -2.37. The zero-order valence-corrected chi connectivity index (χ0v) is 13.2. The summed E-state index contributed by atoms with van der Waals surface area (Å²) in [6, 6.07) is 7.70. The molecule has 0 saturated carbocycles. The van der Waals surface area contributed by atoms with Gasteiger partial charge in [0.1, 0.15) is 0 Å². The lowest BCUT2D eigenvalue weighted by molar-refractivity contribution is -0.129. The van der Waals surface area contributed by atoms with Crippen molar-refractivity contribution >= 4 is 29.3 Å². The molecule has 0 aromatic heterocycles. The maximum absolute atomic E-state index is 12.0. The molecule has 0 unspecified atom stereocenters. The summed E-state index contributed by atoms with van der Waals surface area (Å²) in [7, 11) is 0. The number of aryl methyl sites for hydroxylation is 1. The first kappa shape index (κ1) is 15.9. The average molecular weight is 306 g/mol. The van der Waals surface area contributed by atoms with Crippen LogP contribution in [0.25, 0.3) is 0 Å². The summed E-state index contributed by atoms with van der Waals surface area (Å²) in [5.74, 6) is 0.800. The third-order valence-corrected chi connectivity index (χ3v) is 4.39. The average Bonchev–Trinajstić information content (AvgIpc) is 2.48. The minimum absolute atomic E-state index is 0.0583. The van der Waals surface area contributed by atoms with E-state index in [1.165, 1.54) is 18.2 Å². The van der Waals surface area contributed by atoms with Crippen LogP contribution in [0.15, 0.2) is 24.3 Å². The number of hydrogen-bond acceptors (Lipinski definition) is 3. The summed E-state index contributed by atoms with van der Waals surface area (Å²) in [6.45, 7) is 3.73. The molecule has 1 fully saturated rings. The number of hydrogen-bond donors (Lipinski definition) is 1. The smallest absolute Gasteiger partial charge is 0.234 e. The molecule has 1 saturated heterocycles. The molecule has 0 atom stereocenters. The normalized spacial score (nSPS) is 14.8. The SMILES string of the molecule is Cc1cccc(NC(=O)CSCC(=O)N2CCCCC2)c1. The Morgan fingerprint density at radius 1 is 1.19 bits per heavy atom. The summed E-state index contributed by atoms with van der Waals surface area (Å²) >= 11 is 1.38. The van der Waals surface area contributed by atoms with Crippen molar-refractivity contribution in [3.8, 4) is 0 Å². The van der Waals surface area contributed by atoms with E-state index in [0.717, 1.165) is 37.2 Å². The van der Waals surface area contributed by atoms with Crippen LogP contribution in [0.1, 0.15) is 24.8 Å². The maximum Gasteiger partial charge on any atom is 0.234 e. The molecule has 1 N–H and O–H groups in total. The van der Waals surface area contributed by atoms with Gasteiger partial charge < -0.3 is 10.2 Å². The Morgan fingerprint density at radius 2 is 1.95 bits per heavy atom. The molecular formula is C16H22N2O2S. The Labute approximate surface area is 130 Å². The van der Waals surface area contributed by atoms with Crippen molar-refractivity contribution in [2.75, 3.05) is 29.9 Å². The number of likely N-dealkylation sites (tertiary alicyclic amines) is 1. The van der Waals surface area contributed by atoms with Gasteiger partial charge in [-0.05, 0) is 43.9 Å². The van der Waals surface area contributed by atoms with Gasteiger partial charge in [0.25, 0.3) is 0 Å². The molecule has 2 rings (SSSR count). The molecule has 1 aromatic rings. The van der Waals surface area contributed by atoms with Crippen molar-refractivity contribution in [1.82, 2.24) is 4.90 Å². The number of nitrogens with zero attached hydrogens (tertiary/aromatic N) is 1. The zero-order valence-electron chi connectivity index (χ0n) is 12.4. The number of anilines is 1. The highest BCUT2D eigenvalue weighted by atomic mass is 32.2. The van der Waals surface area contributed by atoms with Crippen LogP contribution < -0.4 is 5.32 Å². The van der Waals surface area contributed by atoms with Gasteiger partial charge in [0, 0.05) is 18.8 Å². The Hall–Kier alpha value is -1.49. The first-order valence-electron chi connectivity index (χ1n) is 7.37. The number of piperidine rings is 1. The second kappa shape index (κ2) is 8.08. The molecule has 4 nitrogen and oxygen atoms in total. The van der Waals surface area contributed by atoms with E-state index >= 15 is 0 Å². The molecule has 1 aromatic carbocycles. The van der Waals surface area contributed by atoms with Crippen molar-refractivity contribution in [1.29, 1.82) is 0 Å². The molecule has 0 radical (unpaired) electrons. The maximum atomic E-state index is 12.0. The van der Waals surface area contributed by atoms with Gasteiger partial charge in [0.15, 0.2) is 0 Å². The van der Waals surface area contributed by atoms with E-state index in [1.54, 1.807) is 0 Å². The fourth-order valence-corrected chi connectivity index (χ4v) is 3.10. The van der Waals surface area contributed by atoms with Gasteiger partial charge in [-0.1, -0.05) is 12.1 Å². The molecule has 1 heterocycles. The number of carbonyl (C=O) groups excluding carboxylic acids is 2. The van der Waals surface area contributed by atoms with Crippen LogP contribution in [0.2, 0.25) is 0 Å². The van der Waals surface area contributed by atoms with Crippen LogP contribution >= 0.6 is 11.8 Å². The summed E-state index contributed by atoms with van der Waals surface area (Å²) in [5.41, 5.74) is 1.92. The summed E-state index contributed by atoms with van der Waals surface area (Å²) in [5, 5.41) is 2.85. The number of amides is 2. The fourth-order valence-electron chi connectivity index (χ4n) is 2.39. The van der Waals surface area contributed by atoms with Crippen LogP contribution in [-0.4, -0.2) is 41.3 Å². The molecule has 1 aliphatic heterocycles. The summed E-state index contributed by atoms with van der Waals surface area (Å²) in [6.07, 6.45) is 3.42. The standard InChI is InChI=1S/C16H22N2O2S/c1-13-6-5-7-14(10-13)17-15(19)11-21-12-16(20)18-8-3-2-4-9-18/h5-7,10H,2-4,8-9,11-12H2,1H3,(H,17,19). The second-order valence-electron chi connectivity index (χ2n) is 5.35. The number of rotatable bonds is 5. The lowest BCUT2D eigenvalue weighted by Gasteiger charge is -2.26. The van der Waals surface area contributed by atoms with Crippen LogP contribution in [0.5, 0.6) is 0 Å². The number of benzene rings is 1. The van der Waals surface area contributed by atoms with E-state index in [1.807, 2.05) is 36.1 Å². The Kier molecular flexibility index (Phi) is 6.11. The second-order valence-corrected chi connectivity index (χ2v) is 6.34. The topological polar surface area (TPSA) is 49.4 Å². The molecular weight excluding hydrogens is 284 g/mol. The lowest BCUT2D eigenvalue weighted by atomic mass is 10.1. The molecule has 5 heteroatoms. The van der Waals surface area contributed by atoms with Gasteiger partial charge in [-0.25, -0.2) is 0 Å². The van der Waals surface area contributed by atoms with E-state index < -0.39 is 0 Å². The first-order chi connectivity index (χ1) is 10.1. The van der Waals surface area contributed by atoms with Crippen LogP contribution in [0.3, 0.4) is 0 Å². The predicted molar refractivity (Wildman–Crippen MR) is 87.6 cm³/mol. The third kappa shape index (κ3) is 5.42. The molecule has 21 heavy (non-hydrogen) atoms. The molecule has 0 bridgehead atoms.